The van der Waals surface area contributed by atoms with Crippen molar-refractivity contribution in [2.24, 2.45) is 10.9 Å². The zero-order valence-corrected chi connectivity index (χ0v) is 18.9. The van der Waals surface area contributed by atoms with Crippen molar-refractivity contribution < 1.29 is 9.53 Å². The lowest BCUT2D eigenvalue weighted by Crippen LogP contribution is -2.41. The van der Waals surface area contributed by atoms with Crippen molar-refractivity contribution in [3.05, 3.63) is 66.0 Å². The fourth-order valence-electron chi connectivity index (χ4n) is 2.84. The number of carbonyl (C=O) groups is 1. The highest BCUT2D eigenvalue weighted by atomic mass is 16.5. The first kappa shape index (κ1) is 24.3. The molecule has 0 saturated carbocycles. The number of nitrogens with one attached hydrogen (secondary N) is 2. The van der Waals surface area contributed by atoms with Crippen molar-refractivity contribution in [2.45, 2.75) is 26.9 Å². The average molecular weight is 426 g/mol. The minimum Gasteiger partial charge on any atom is -0.376 e. The van der Waals surface area contributed by atoms with Crippen molar-refractivity contribution in [1.29, 1.82) is 0 Å². The first-order chi connectivity index (χ1) is 15.1. The van der Waals surface area contributed by atoms with Crippen molar-refractivity contribution in [3.8, 4) is 0 Å². The van der Waals surface area contributed by atoms with Crippen LogP contribution in [0.5, 0.6) is 0 Å². The Morgan fingerprint density at radius 3 is 2.65 bits per heavy atom. The minimum atomic E-state index is -0.0209. The van der Waals surface area contributed by atoms with Gasteiger partial charge in [-0.3, -0.25) is 9.78 Å². The number of amides is 1. The average Bonchev–Trinajstić information content (AvgIpc) is 2.80. The molecule has 2 N–H and O–H groups in total. The number of aliphatic imine (C=N–C) groups is 1. The van der Waals surface area contributed by atoms with Crippen molar-refractivity contribution in [2.75, 3.05) is 39.8 Å². The van der Waals surface area contributed by atoms with Crippen LogP contribution in [0.3, 0.4) is 0 Å². The van der Waals surface area contributed by atoms with E-state index in [1.807, 2.05) is 43.3 Å². The molecule has 1 aromatic heterocycles. The second-order valence-corrected chi connectivity index (χ2v) is 7.57. The van der Waals surface area contributed by atoms with Crippen molar-refractivity contribution in [3.63, 3.8) is 0 Å². The number of nitrogens with zero attached hydrogens (tertiary/aromatic N) is 3. The highest BCUT2D eigenvalue weighted by molar-refractivity contribution is 5.84. The smallest absolute Gasteiger partial charge is 0.244 e. The van der Waals surface area contributed by atoms with Gasteiger partial charge in [-0.05, 0) is 30.5 Å². The van der Waals surface area contributed by atoms with Gasteiger partial charge in [-0.1, -0.05) is 43.3 Å². The Balaban J connectivity index is 1.70. The van der Waals surface area contributed by atoms with Gasteiger partial charge >= 0.3 is 0 Å². The summed E-state index contributed by atoms with van der Waals surface area (Å²) in [6.07, 6.45) is 2.50. The number of ether oxygens (including phenoxy) is 1. The highest BCUT2D eigenvalue weighted by Crippen LogP contribution is 2.03. The van der Waals surface area contributed by atoms with Gasteiger partial charge in [0.15, 0.2) is 5.96 Å². The number of pyridine rings is 1. The van der Waals surface area contributed by atoms with Crippen LogP contribution < -0.4 is 10.6 Å². The van der Waals surface area contributed by atoms with E-state index in [4.69, 9.17) is 4.74 Å². The van der Waals surface area contributed by atoms with Gasteiger partial charge in [0, 0.05) is 45.0 Å². The van der Waals surface area contributed by atoms with Gasteiger partial charge in [0.25, 0.3) is 0 Å². The predicted molar refractivity (Wildman–Crippen MR) is 125 cm³/mol. The van der Waals surface area contributed by atoms with Crippen molar-refractivity contribution >= 4 is 11.9 Å². The molecule has 1 unspecified atom stereocenters. The number of benzene rings is 1. The van der Waals surface area contributed by atoms with Gasteiger partial charge in [-0.25, -0.2) is 4.99 Å². The lowest BCUT2D eigenvalue weighted by molar-refractivity contribution is -0.128. The number of carbonyl (C=O) groups excluding carboxylic acids is 1. The summed E-state index contributed by atoms with van der Waals surface area (Å²) in [6, 6.07) is 16.0. The largest absolute Gasteiger partial charge is 0.376 e. The molecule has 0 aliphatic carbocycles. The molecule has 1 aromatic carbocycles. The van der Waals surface area contributed by atoms with Gasteiger partial charge in [0.05, 0.1) is 13.2 Å². The van der Waals surface area contributed by atoms with Gasteiger partial charge in [0.1, 0.15) is 6.54 Å². The molecule has 7 heteroatoms. The molecule has 0 aliphatic rings. The number of hydrogen-bond donors (Lipinski definition) is 2. The van der Waals surface area contributed by atoms with Crippen LogP contribution in [0.25, 0.3) is 0 Å². The summed E-state index contributed by atoms with van der Waals surface area (Å²) in [7, 11) is 1.80. The van der Waals surface area contributed by atoms with Crippen LogP contribution in [-0.4, -0.2) is 61.6 Å². The molecule has 2 rings (SSSR count). The summed E-state index contributed by atoms with van der Waals surface area (Å²) in [5, 5.41) is 6.49. The second-order valence-electron chi connectivity index (χ2n) is 7.57. The Bertz CT molecular complexity index is 783. The molecule has 0 spiro atoms. The van der Waals surface area contributed by atoms with E-state index in [0.717, 1.165) is 18.7 Å². The van der Waals surface area contributed by atoms with E-state index in [0.29, 0.717) is 38.2 Å². The van der Waals surface area contributed by atoms with E-state index < -0.39 is 0 Å². The Hall–Kier alpha value is -2.93. The molecule has 0 aliphatic heterocycles. The summed E-state index contributed by atoms with van der Waals surface area (Å²) in [5.74, 6) is 0.931. The van der Waals surface area contributed by atoms with Crippen molar-refractivity contribution in [1.82, 2.24) is 20.5 Å². The number of aromatic nitrogens is 1. The molecule has 1 amide bonds. The van der Waals surface area contributed by atoms with E-state index in [1.165, 1.54) is 5.56 Å². The van der Waals surface area contributed by atoms with Crippen LogP contribution in [0, 0.1) is 5.92 Å². The Morgan fingerprint density at radius 2 is 1.94 bits per heavy atom. The third-order valence-electron chi connectivity index (χ3n) is 4.70. The third kappa shape index (κ3) is 10.1. The maximum atomic E-state index is 12.4. The predicted octanol–water partition coefficient (Wildman–Crippen LogP) is 2.49. The fraction of sp³-hybridized carbons (Fsp3) is 0.458. The summed E-state index contributed by atoms with van der Waals surface area (Å²) >= 11 is 0. The minimum absolute atomic E-state index is 0.0209. The molecule has 7 nitrogen and oxygen atoms in total. The third-order valence-corrected chi connectivity index (χ3v) is 4.70. The summed E-state index contributed by atoms with van der Waals surface area (Å²) < 4.78 is 5.80. The van der Waals surface area contributed by atoms with Gasteiger partial charge in [0.2, 0.25) is 5.91 Å². The summed E-state index contributed by atoms with van der Waals surface area (Å²) in [4.78, 5) is 22.8. The quantitative estimate of drug-likeness (QED) is 0.404. The summed E-state index contributed by atoms with van der Waals surface area (Å²) in [6.45, 7) is 7.55. The highest BCUT2D eigenvalue weighted by Gasteiger charge is 2.10. The number of rotatable bonds is 12. The Kier molecular flexibility index (Phi) is 11.1. The van der Waals surface area contributed by atoms with Crippen LogP contribution in [-0.2, 0) is 22.6 Å². The monoisotopic (exact) mass is 425 g/mol. The molecule has 31 heavy (non-hydrogen) atoms. The first-order valence-corrected chi connectivity index (χ1v) is 10.9. The maximum absolute atomic E-state index is 12.4. The molecule has 0 fully saturated rings. The van der Waals surface area contributed by atoms with E-state index >= 15 is 0 Å². The molecular formula is C24H35N5O2. The molecule has 168 valence electrons. The van der Waals surface area contributed by atoms with E-state index in [1.54, 1.807) is 18.1 Å². The van der Waals surface area contributed by atoms with E-state index in [-0.39, 0.29) is 12.5 Å². The van der Waals surface area contributed by atoms with E-state index in [2.05, 4.69) is 39.7 Å². The molecule has 2 aromatic rings. The molecule has 0 saturated heterocycles. The van der Waals surface area contributed by atoms with E-state index in [9.17, 15) is 4.79 Å². The number of likely N-dealkylation sites (N-methyl/N-ethyl adjacent to an activating group) is 1. The first-order valence-electron chi connectivity index (χ1n) is 10.9. The molecule has 0 radical (unpaired) electrons. The molecular weight excluding hydrogens is 390 g/mol. The van der Waals surface area contributed by atoms with Crippen LogP contribution in [0.15, 0.2) is 59.7 Å². The Labute approximate surface area is 185 Å². The van der Waals surface area contributed by atoms with Gasteiger partial charge < -0.3 is 20.3 Å². The number of hydrogen-bond acceptors (Lipinski definition) is 4. The molecule has 1 heterocycles. The number of guanidine groups is 1. The second kappa shape index (κ2) is 14.1. The lowest BCUT2D eigenvalue weighted by Gasteiger charge is -2.18. The standard InChI is InChI=1S/C24H35N5O2/c1-4-25-24(27-16-20(2)18-31-19-21-10-6-5-7-11-21)28-17-23(30)29(3)15-13-22-12-8-9-14-26-22/h5-12,14,20H,4,13,15-19H2,1-3H3,(H2,25,27,28). The topological polar surface area (TPSA) is 78.9 Å². The Morgan fingerprint density at radius 1 is 1.16 bits per heavy atom. The fourth-order valence-corrected chi connectivity index (χ4v) is 2.84. The van der Waals surface area contributed by atoms with Crippen LogP contribution in [0.1, 0.15) is 25.1 Å². The lowest BCUT2D eigenvalue weighted by atomic mass is 10.2. The molecule has 0 bridgehead atoms. The molecule has 1 atom stereocenters. The zero-order valence-electron chi connectivity index (χ0n) is 18.9. The van der Waals surface area contributed by atoms with Gasteiger partial charge in [-0.2, -0.15) is 0 Å². The zero-order chi connectivity index (χ0) is 22.3. The van der Waals surface area contributed by atoms with Crippen LogP contribution >= 0.6 is 0 Å². The summed E-state index contributed by atoms with van der Waals surface area (Å²) in [5.41, 5.74) is 2.15. The SMILES string of the molecule is CCNC(=NCC(=O)N(C)CCc1ccccn1)NCC(C)COCc1ccccc1. The normalized spacial score (nSPS) is 12.3. The van der Waals surface area contributed by atoms with Crippen LogP contribution in [0.2, 0.25) is 0 Å². The van der Waals surface area contributed by atoms with Gasteiger partial charge in [-0.15, -0.1) is 0 Å². The maximum Gasteiger partial charge on any atom is 0.244 e. The van der Waals surface area contributed by atoms with Crippen LogP contribution in [0.4, 0.5) is 0 Å².